The molecule has 2 N–H and O–H groups in total. The molecule has 1 saturated carbocycles. The Morgan fingerprint density at radius 3 is 2.19 bits per heavy atom. The fourth-order valence-electron chi connectivity index (χ4n) is 4.68. The lowest BCUT2D eigenvalue weighted by Gasteiger charge is -2.35. The van der Waals surface area contributed by atoms with Crippen molar-refractivity contribution in [2.75, 3.05) is 58.9 Å². The molecule has 0 spiro atoms. The largest absolute Gasteiger partial charge is 0.357 e. The van der Waals surface area contributed by atoms with E-state index in [4.69, 9.17) is 4.99 Å². The van der Waals surface area contributed by atoms with Gasteiger partial charge in [-0.3, -0.25) is 19.6 Å². The van der Waals surface area contributed by atoms with Crippen molar-refractivity contribution >= 4 is 35.8 Å². The van der Waals surface area contributed by atoms with Gasteiger partial charge in [0.05, 0.1) is 6.54 Å². The van der Waals surface area contributed by atoms with Crippen LogP contribution in [0.4, 0.5) is 0 Å². The predicted molar refractivity (Wildman–Crippen MR) is 141 cm³/mol. The maximum absolute atomic E-state index is 12.6. The SMILES string of the molecule is CCNC(=NCCN1CCN(C(=O)C2CCCC2)CC1)NCCN(C(C)C)C(C)C.I. The third-order valence-corrected chi connectivity index (χ3v) is 6.41. The van der Waals surface area contributed by atoms with Crippen molar-refractivity contribution in [3.63, 3.8) is 0 Å². The molecule has 7 nitrogen and oxygen atoms in total. The second-order valence-electron chi connectivity index (χ2n) is 9.26. The minimum absolute atomic E-state index is 0. The van der Waals surface area contributed by atoms with Crippen LogP contribution in [0, 0.1) is 5.92 Å². The van der Waals surface area contributed by atoms with Crippen molar-refractivity contribution in [1.82, 2.24) is 25.3 Å². The molecule has 2 rings (SSSR count). The second kappa shape index (κ2) is 15.3. The van der Waals surface area contributed by atoms with E-state index in [1.54, 1.807) is 0 Å². The zero-order chi connectivity index (χ0) is 21.9. The van der Waals surface area contributed by atoms with Gasteiger partial charge < -0.3 is 15.5 Å². The highest BCUT2D eigenvalue weighted by atomic mass is 127. The molecule has 0 unspecified atom stereocenters. The Hall–Kier alpha value is -0.610. The summed E-state index contributed by atoms with van der Waals surface area (Å²) in [6.07, 6.45) is 4.65. The van der Waals surface area contributed by atoms with E-state index in [2.05, 4.69) is 60.0 Å². The number of halogens is 1. The van der Waals surface area contributed by atoms with Crippen LogP contribution >= 0.6 is 24.0 Å². The summed E-state index contributed by atoms with van der Waals surface area (Å²) in [6, 6.07) is 1.09. The first-order chi connectivity index (χ1) is 14.4. The summed E-state index contributed by atoms with van der Waals surface area (Å²) >= 11 is 0. The van der Waals surface area contributed by atoms with Crippen molar-refractivity contribution < 1.29 is 4.79 Å². The van der Waals surface area contributed by atoms with E-state index < -0.39 is 0 Å². The van der Waals surface area contributed by atoms with Crippen molar-refractivity contribution in [2.45, 2.75) is 72.4 Å². The maximum atomic E-state index is 12.6. The summed E-state index contributed by atoms with van der Waals surface area (Å²) in [5.74, 6) is 1.61. The molecule has 1 saturated heterocycles. The van der Waals surface area contributed by atoms with Crippen LogP contribution in [0.25, 0.3) is 0 Å². The molecule has 0 aromatic carbocycles. The summed E-state index contributed by atoms with van der Waals surface area (Å²) in [5.41, 5.74) is 0. The molecule has 1 aliphatic carbocycles. The number of amides is 1. The first kappa shape index (κ1) is 28.4. The molecule has 1 heterocycles. The Morgan fingerprint density at radius 2 is 1.65 bits per heavy atom. The van der Waals surface area contributed by atoms with Gasteiger partial charge in [0.1, 0.15) is 0 Å². The zero-order valence-electron chi connectivity index (χ0n) is 20.5. The number of aliphatic imine (C=N–C) groups is 1. The van der Waals surface area contributed by atoms with E-state index in [9.17, 15) is 4.79 Å². The predicted octanol–water partition coefficient (Wildman–Crippen LogP) is 2.61. The molecule has 2 aliphatic rings. The monoisotopic (exact) mass is 550 g/mol. The first-order valence-electron chi connectivity index (χ1n) is 12.2. The van der Waals surface area contributed by atoms with Crippen LogP contribution in [-0.2, 0) is 4.79 Å². The van der Waals surface area contributed by atoms with Crippen LogP contribution in [0.2, 0.25) is 0 Å². The van der Waals surface area contributed by atoms with Gasteiger partial charge in [-0.15, -0.1) is 24.0 Å². The van der Waals surface area contributed by atoms with Gasteiger partial charge >= 0.3 is 0 Å². The molecular weight excluding hydrogens is 503 g/mol. The van der Waals surface area contributed by atoms with Crippen LogP contribution in [0.3, 0.4) is 0 Å². The minimum atomic E-state index is 0. The lowest BCUT2D eigenvalue weighted by Crippen LogP contribution is -2.50. The summed E-state index contributed by atoms with van der Waals surface area (Å²) in [6.45, 7) is 19.3. The highest BCUT2D eigenvalue weighted by molar-refractivity contribution is 14.0. The van der Waals surface area contributed by atoms with Gasteiger partial charge in [0.2, 0.25) is 5.91 Å². The van der Waals surface area contributed by atoms with Gasteiger partial charge in [0.15, 0.2) is 5.96 Å². The summed E-state index contributed by atoms with van der Waals surface area (Å²) in [4.78, 5) is 24.4. The summed E-state index contributed by atoms with van der Waals surface area (Å²) in [5, 5.41) is 6.83. The number of nitrogens with zero attached hydrogens (tertiary/aromatic N) is 4. The quantitative estimate of drug-likeness (QED) is 0.249. The maximum Gasteiger partial charge on any atom is 0.225 e. The third kappa shape index (κ3) is 9.82. The Balaban J connectivity index is 0.00000480. The van der Waals surface area contributed by atoms with Crippen LogP contribution in [-0.4, -0.2) is 97.6 Å². The van der Waals surface area contributed by atoms with E-state index in [0.717, 1.165) is 77.7 Å². The smallest absolute Gasteiger partial charge is 0.225 e. The number of rotatable bonds is 10. The molecule has 0 aromatic heterocycles. The topological polar surface area (TPSA) is 63.2 Å². The number of hydrogen-bond acceptors (Lipinski definition) is 4. The Morgan fingerprint density at radius 1 is 1.03 bits per heavy atom. The lowest BCUT2D eigenvalue weighted by atomic mass is 10.1. The zero-order valence-corrected chi connectivity index (χ0v) is 22.9. The van der Waals surface area contributed by atoms with Gasteiger partial charge in [0, 0.05) is 70.4 Å². The third-order valence-electron chi connectivity index (χ3n) is 6.41. The van der Waals surface area contributed by atoms with Crippen molar-refractivity contribution in [2.24, 2.45) is 10.9 Å². The van der Waals surface area contributed by atoms with E-state index in [0.29, 0.717) is 23.9 Å². The molecule has 1 amide bonds. The van der Waals surface area contributed by atoms with Gasteiger partial charge in [-0.25, -0.2) is 0 Å². The average molecular weight is 551 g/mol. The number of carbonyl (C=O) groups is 1. The molecule has 0 radical (unpaired) electrons. The van der Waals surface area contributed by atoms with Gasteiger partial charge in [0.25, 0.3) is 0 Å². The van der Waals surface area contributed by atoms with E-state index in [1.165, 1.54) is 12.8 Å². The molecule has 8 heteroatoms. The Bertz CT molecular complexity index is 520. The van der Waals surface area contributed by atoms with Crippen molar-refractivity contribution in [1.29, 1.82) is 0 Å². The number of piperazine rings is 1. The second-order valence-corrected chi connectivity index (χ2v) is 9.26. The van der Waals surface area contributed by atoms with E-state index in [-0.39, 0.29) is 24.0 Å². The molecule has 0 aromatic rings. The fourth-order valence-corrected chi connectivity index (χ4v) is 4.68. The van der Waals surface area contributed by atoms with Crippen LogP contribution in [0.1, 0.15) is 60.3 Å². The van der Waals surface area contributed by atoms with Crippen LogP contribution in [0.15, 0.2) is 4.99 Å². The van der Waals surface area contributed by atoms with Crippen LogP contribution in [0.5, 0.6) is 0 Å². The molecule has 2 fully saturated rings. The molecular formula is C23H47IN6O. The normalized spacial score (nSPS) is 18.7. The number of hydrogen-bond donors (Lipinski definition) is 2. The van der Waals surface area contributed by atoms with Crippen molar-refractivity contribution in [3.8, 4) is 0 Å². The lowest BCUT2D eigenvalue weighted by molar-refractivity contribution is -0.137. The van der Waals surface area contributed by atoms with E-state index in [1.807, 2.05) is 0 Å². The van der Waals surface area contributed by atoms with Crippen LogP contribution < -0.4 is 10.6 Å². The Kier molecular flexibility index (Phi) is 14.0. The van der Waals surface area contributed by atoms with E-state index >= 15 is 0 Å². The molecule has 182 valence electrons. The van der Waals surface area contributed by atoms with Gasteiger partial charge in [-0.2, -0.15) is 0 Å². The molecule has 31 heavy (non-hydrogen) atoms. The standard InChI is InChI=1S/C23H46N6O.HI/c1-6-24-23(26-12-14-29(19(2)3)20(4)5)25-11-13-27-15-17-28(18-16-27)22(30)21-9-7-8-10-21;/h19-21H,6-18H2,1-5H3,(H2,24,25,26);1H. The fraction of sp³-hybridized carbons (Fsp3) is 0.913. The number of nitrogens with one attached hydrogen (secondary N) is 2. The first-order valence-corrected chi connectivity index (χ1v) is 12.2. The highest BCUT2D eigenvalue weighted by Crippen LogP contribution is 2.26. The Labute approximate surface area is 207 Å². The van der Waals surface area contributed by atoms with Crippen molar-refractivity contribution in [3.05, 3.63) is 0 Å². The summed E-state index contributed by atoms with van der Waals surface area (Å²) in [7, 11) is 0. The number of guanidine groups is 1. The summed E-state index contributed by atoms with van der Waals surface area (Å²) < 4.78 is 0. The molecule has 1 aliphatic heterocycles. The molecule has 0 atom stereocenters. The number of carbonyl (C=O) groups excluding carboxylic acids is 1. The average Bonchev–Trinajstić information content (AvgIpc) is 3.25. The van der Waals surface area contributed by atoms with Gasteiger partial charge in [-0.05, 0) is 47.5 Å². The van der Waals surface area contributed by atoms with Gasteiger partial charge in [-0.1, -0.05) is 12.8 Å². The highest BCUT2D eigenvalue weighted by Gasteiger charge is 2.29. The minimum Gasteiger partial charge on any atom is -0.357 e. The molecule has 0 bridgehead atoms.